The van der Waals surface area contributed by atoms with Crippen molar-refractivity contribution in [3.8, 4) is 0 Å². The van der Waals surface area contributed by atoms with Crippen molar-refractivity contribution in [1.82, 2.24) is 24.8 Å². The third-order valence-electron chi connectivity index (χ3n) is 5.76. The topological polar surface area (TPSA) is 117 Å². The van der Waals surface area contributed by atoms with E-state index in [9.17, 15) is 18.0 Å². The average Bonchev–Trinajstić information content (AvgIpc) is 3.09. The Balaban J connectivity index is 1.71. The van der Waals surface area contributed by atoms with Gasteiger partial charge < -0.3 is 21.1 Å². The molecular weight excluding hydrogens is 463 g/mol. The zero-order valence-electron chi connectivity index (χ0n) is 19.6. The highest BCUT2D eigenvalue weighted by molar-refractivity contribution is 5.76. The van der Waals surface area contributed by atoms with Crippen LogP contribution in [0.3, 0.4) is 0 Å². The van der Waals surface area contributed by atoms with Crippen LogP contribution in [0, 0.1) is 0 Å². The summed E-state index contributed by atoms with van der Waals surface area (Å²) in [6.45, 7) is 5.94. The second-order valence-corrected chi connectivity index (χ2v) is 9.74. The Bertz CT molecular complexity index is 1210. The minimum atomic E-state index is -4.47. The zero-order chi connectivity index (χ0) is 25.4. The number of halogens is 3. The molecule has 4 rings (SSSR count). The summed E-state index contributed by atoms with van der Waals surface area (Å²) in [5, 5.41) is 17.8. The maximum absolute atomic E-state index is 13.2. The van der Waals surface area contributed by atoms with Gasteiger partial charge in [-0.1, -0.05) is 6.07 Å². The fourth-order valence-electron chi connectivity index (χ4n) is 4.28. The van der Waals surface area contributed by atoms with Gasteiger partial charge in [-0.3, -0.25) is 4.57 Å². The Hall–Kier alpha value is -3.57. The third kappa shape index (κ3) is 5.92. The Labute approximate surface area is 200 Å². The molecule has 12 heteroatoms. The van der Waals surface area contributed by atoms with Gasteiger partial charge in [0.15, 0.2) is 5.65 Å². The number of nitrogens with zero attached hydrogens (tertiary/aromatic N) is 4. The number of rotatable bonds is 5. The van der Waals surface area contributed by atoms with Crippen molar-refractivity contribution in [2.45, 2.75) is 70.3 Å². The van der Waals surface area contributed by atoms with Crippen LogP contribution in [-0.4, -0.2) is 42.3 Å². The van der Waals surface area contributed by atoms with Crippen molar-refractivity contribution in [3.05, 3.63) is 36.0 Å². The van der Waals surface area contributed by atoms with Gasteiger partial charge in [-0.15, -0.1) is 0 Å². The number of hydrogen-bond acceptors (Lipinski definition) is 6. The second kappa shape index (κ2) is 9.23. The summed E-state index contributed by atoms with van der Waals surface area (Å²) in [4.78, 5) is 24.6. The van der Waals surface area contributed by atoms with Crippen molar-refractivity contribution < 1.29 is 23.1 Å². The van der Waals surface area contributed by atoms with Crippen LogP contribution >= 0.6 is 0 Å². The highest BCUT2D eigenvalue weighted by Gasteiger charge is 2.31. The molecule has 0 saturated heterocycles. The first-order chi connectivity index (χ1) is 16.4. The number of alkyl halides is 3. The number of fused-ring (bicyclic) bond motifs is 1. The van der Waals surface area contributed by atoms with E-state index in [1.165, 1.54) is 6.07 Å². The number of imidazole rings is 1. The summed E-state index contributed by atoms with van der Waals surface area (Å²) >= 11 is 0. The van der Waals surface area contributed by atoms with Crippen molar-refractivity contribution in [2.75, 3.05) is 10.6 Å². The molecule has 4 N–H and O–H groups in total. The third-order valence-corrected chi connectivity index (χ3v) is 5.76. The Kier molecular flexibility index (Phi) is 6.48. The van der Waals surface area contributed by atoms with Crippen LogP contribution in [0.2, 0.25) is 0 Å². The van der Waals surface area contributed by atoms with Crippen LogP contribution < -0.4 is 16.0 Å². The number of amides is 1. The van der Waals surface area contributed by atoms with E-state index in [1.807, 2.05) is 25.3 Å². The molecule has 0 spiro atoms. The van der Waals surface area contributed by atoms with Crippen LogP contribution in [0.4, 0.5) is 35.5 Å². The van der Waals surface area contributed by atoms with E-state index in [2.05, 4.69) is 30.9 Å². The summed E-state index contributed by atoms with van der Waals surface area (Å²) in [6, 6.07) is 4.72. The van der Waals surface area contributed by atoms with Crippen LogP contribution in [0.1, 0.15) is 58.1 Å². The molecule has 0 atom stereocenters. The van der Waals surface area contributed by atoms with E-state index < -0.39 is 17.8 Å². The molecule has 1 aliphatic carbocycles. The summed E-state index contributed by atoms with van der Waals surface area (Å²) in [6.07, 6.45) is -1.39. The van der Waals surface area contributed by atoms with Gasteiger partial charge in [-0.25, -0.2) is 14.8 Å². The van der Waals surface area contributed by atoms with Crippen LogP contribution in [0.25, 0.3) is 11.2 Å². The molecule has 188 valence electrons. The molecule has 0 aliphatic heterocycles. The number of carbonyl (C=O) groups is 1. The maximum atomic E-state index is 13.2. The van der Waals surface area contributed by atoms with Gasteiger partial charge >= 0.3 is 12.3 Å². The van der Waals surface area contributed by atoms with Gasteiger partial charge in [0.05, 0.1) is 11.8 Å². The molecule has 2 aromatic heterocycles. The summed E-state index contributed by atoms with van der Waals surface area (Å²) in [7, 11) is 0. The first-order valence-corrected chi connectivity index (χ1v) is 11.4. The van der Waals surface area contributed by atoms with Gasteiger partial charge in [0, 0.05) is 23.3 Å². The van der Waals surface area contributed by atoms with Crippen LogP contribution in [-0.2, 0) is 6.18 Å². The summed E-state index contributed by atoms with van der Waals surface area (Å²) in [5.74, 6) is 0.772. The molecule has 2 heterocycles. The first-order valence-electron chi connectivity index (χ1n) is 11.4. The van der Waals surface area contributed by atoms with E-state index in [0.29, 0.717) is 48.7 Å². The van der Waals surface area contributed by atoms with E-state index >= 15 is 0 Å². The van der Waals surface area contributed by atoms with E-state index in [0.717, 1.165) is 12.1 Å². The second-order valence-electron chi connectivity index (χ2n) is 9.74. The lowest BCUT2D eigenvalue weighted by atomic mass is 9.91. The van der Waals surface area contributed by atoms with Crippen molar-refractivity contribution in [2.24, 2.45) is 0 Å². The molecule has 1 amide bonds. The lowest BCUT2D eigenvalue weighted by Crippen LogP contribution is -2.37. The molecule has 9 nitrogen and oxygen atoms in total. The normalized spacial score (nSPS) is 18.9. The predicted octanol–water partition coefficient (Wildman–Crippen LogP) is 5.55. The Morgan fingerprint density at radius 1 is 1.11 bits per heavy atom. The molecule has 0 unspecified atom stereocenters. The van der Waals surface area contributed by atoms with Crippen molar-refractivity contribution in [1.29, 1.82) is 0 Å². The smallest absolute Gasteiger partial charge is 0.416 e. The molecular formula is C23H28F3N7O2. The zero-order valence-corrected chi connectivity index (χ0v) is 19.6. The Morgan fingerprint density at radius 3 is 2.46 bits per heavy atom. The molecule has 35 heavy (non-hydrogen) atoms. The highest BCUT2D eigenvalue weighted by Crippen LogP contribution is 2.36. The summed E-state index contributed by atoms with van der Waals surface area (Å²) in [5.41, 5.74) is 0.263. The fraction of sp³-hybridized carbons (Fsp3) is 0.478. The molecule has 0 bridgehead atoms. The fourth-order valence-corrected chi connectivity index (χ4v) is 4.28. The van der Waals surface area contributed by atoms with E-state index in [-0.39, 0.29) is 23.3 Å². The minimum absolute atomic E-state index is 0.0717. The number of nitrogens with one attached hydrogen (secondary N) is 3. The van der Waals surface area contributed by atoms with Gasteiger partial charge in [-0.05, 0) is 64.7 Å². The maximum Gasteiger partial charge on any atom is 0.416 e. The standard InChI is InChI=1S/C23H28F3N7O2/c1-22(2,3)32-19-27-12-17-18(31-19)33(16-9-7-14(8-10-16)29-21(34)35)20(30-17)28-15-6-4-5-13(11-15)23(24,25)26/h4-6,11-12,14,16,29H,7-10H2,1-3H3,(H,28,30)(H,34,35)(H,27,31,32)/t14-,16-. The molecule has 3 aromatic rings. The molecule has 1 aliphatic rings. The van der Waals surface area contributed by atoms with Gasteiger partial charge in [0.1, 0.15) is 5.52 Å². The largest absolute Gasteiger partial charge is 0.465 e. The Morgan fingerprint density at radius 2 is 1.83 bits per heavy atom. The van der Waals surface area contributed by atoms with E-state index in [4.69, 9.17) is 5.11 Å². The molecule has 1 fully saturated rings. The van der Waals surface area contributed by atoms with Crippen molar-refractivity contribution >= 4 is 34.8 Å². The number of anilines is 3. The molecule has 1 aromatic carbocycles. The van der Waals surface area contributed by atoms with Gasteiger partial charge in [0.25, 0.3) is 0 Å². The van der Waals surface area contributed by atoms with Gasteiger partial charge in [0.2, 0.25) is 11.9 Å². The molecule has 0 radical (unpaired) electrons. The SMILES string of the molecule is CC(C)(C)Nc1ncc2nc(Nc3cccc(C(F)(F)F)c3)n([C@H]3CC[C@H](NC(=O)O)CC3)c2n1. The number of benzene rings is 1. The van der Waals surface area contributed by atoms with Crippen LogP contribution in [0.15, 0.2) is 30.5 Å². The van der Waals surface area contributed by atoms with Crippen molar-refractivity contribution in [3.63, 3.8) is 0 Å². The number of carboxylic acid groups (broad SMARTS) is 1. The number of hydrogen-bond donors (Lipinski definition) is 4. The number of aromatic nitrogens is 4. The van der Waals surface area contributed by atoms with Crippen LogP contribution in [0.5, 0.6) is 0 Å². The summed E-state index contributed by atoms with van der Waals surface area (Å²) < 4.78 is 41.6. The first kappa shape index (κ1) is 24.6. The average molecular weight is 492 g/mol. The molecule has 1 saturated carbocycles. The monoisotopic (exact) mass is 491 g/mol. The van der Waals surface area contributed by atoms with E-state index in [1.54, 1.807) is 12.3 Å². The van der Waals surface area contributed by atoms with Gasteiger partial charge in [-0.2, -0.15) is 18.2 Å². The quantitative estimate of drug-likeness (QED) is 0.370. The lowest BCUT2D eigenvalue weighted by Gasteiger charge is -2.30. The minimum Gasteiger partial charge on any atom is -0.465 e. The lowest BCUT2D eigenvalue weighted by molar-refractivity contribution is -0.137. The highest BCUT2D eigenvalue weighted by atomic mass is 19.4. The predicted molar refractivity (Wildman–Crippen MR) is 126 cm³/mol.